The number of H-pyrrole nitrogens is 1. The summed E-state index contributed by atoms with van der Waals surface area (Å²) in [5.74, 6) is 0.626. The Kier molecular flexibility index (Phi) is 4.16. The molecule has 1 amide bonds. The first-order valence-electron chi connectivity index (χ1n) is 8.76. The first-order valence-corrected chi connectivity index (χ1v) is 9.14. The quantitative estimate of drug-likeness (QED) is 0.736. The molecular formula is C21H21ClN2O2. The molecule has 1 aliphatic rings. The summed E-state index contributed by atoms with van der Waals surface area (Å²) in [5, 5.41) is 1.83. The summed E-state index contributed by atoms with van der Waals surface area (Å²) in [6.07, 6.45) is 0.826. The number of para-hydroxylation sites is 1. The van der Waals surface area contributed by atoms with Gasteiger partial charge in [0.05, 0.1) is 0 Å². The fourth-order valence-corrected chi connectivity index (χ4v) is 3.69. The molecule has 2 aromatic carbocycles. The lowest BCUT2D eigenvalue weighted by atomic mass is 10.0. The number of nitrogens with zero attached hydrogens (tertiary/aromatic N) is 1. The minimum atomic E-state index is -0.947. The van der Waals surface area contributed by atoms with Gasteiger partial charge in [-0.3, -0.25) is 4.79 Å². The molecule has 0 fully saturated rings. The third kappa shape index (κ3) is 3.06. The fourth-order valence-electron chi connectivity index (χ4n) is 3.56. The maximum atomic E-state index is 13.1. The van der Waals surface area contributed by atoms with Crippen LogP contribution in [0.3, 0.4) is 0 Å². The molecule has 0 spiro atoms. The van der Waals surface area contributed by atoms with Gasteiger partial charge in [-0.2, -0.15) is 0 Å². The van der Waals surface area contributed by atoms with Crippen LogP contribution in [-0.4, -0.2) is 27.9 Å². The van der Waals surface area contributed by atoms with Crippen LogP contribution < -0.4 is 4.74 Å². The highest BCUT2D eigenvalue weighted by Gasteiger charge is 2.36. The van der Waals surface area contributed by atoms with Gasteiger partial charge in [0, 0.05) is 46.7 Å². The fraction of sp³-hybridized carbons (Fsp3) is 0.286. The van der Waals surface area contributed by atoms with Crippen molar-refractivity contribution in [3.8, 4) is 5.75 Å². The van der Waals surface area contributed by atoms with Gasteiger partial charge >= 0.3 is 0 Å². The molecule has 1 aromatic heterocycles. The Morgan fingerprint density at radius 1 is 1.15 bits per heavy atom. The van der Waals surface area contributed by atoms with Gasteiger partial charge in [-0.15, -0.1) is 0 Å². The van der Waals surface area contributed by atoms with Crippen molar-refractivity contribution < 1.29 is 9.53 Å². The van der Waals surface area contributed by atoms with Crippen molar-refractivity contribution in [3.05, 3.63) is 64.8 Å². The van der Waals surface area contributed by atoms with Crippen LogP contribution in [0.2, 0.25) is 5.02 Å². The summed E-state index contributed by atoms with van der Waals surface area (Å²) >= 11 is 5.92. The van der Waals surface area contributed by atoms with Gasteiger partial charge in [0.25, 0.3) is 5.91 Å². The topological polar surface area (TPSA) is 45.3 Å². The average Bonchev–Trinajstić information content (AvgIpc) is 3.00. The Hall–Kier alpha value is -2.46. The Labute approximate surface area is 157 Å². The van der Waals surface area contributed by atoms with E-state index in [9.17, 15) is 4.79 Å². The maximum Gasteiger partial charge on any atom is 0.266 e. The molecule has 1 N–H and O–H groups in total. The molecule has 0 saturated carbocycles. The van der Waals surface area contributed by atoms with E-state index >= 15 is 0 Å². The number of fused-ring (bicyclic) bond motifs is 3. The molecule has 134 valence electrons. The van der Waals surface area contributed by atoms with Gasteiger partial charge in [0.2, 0.25) is 0 Å². The zero-order chi connectivity index (χ0) is 18.3. The minimum Gasteiger partial charge on any atom is -0.478 e. The van der Waals surface area contributed by atoms with E-state index in [1.54, 1.807) is 24.3 Å². The Morgan fingerprint density at radius 3 is 2.65 bits per heavy atom. The molecular weight excluding hydrogens is 348 g/mol. The van der Waals surface area contributed by atoms with E-state index in [1.165, 1.54) is 16.6 Å². The minimum absolute atomic E-state index is 0.0108. The second kappa shape index (κ2) is 6.36. The van der Waals surface area contributed by atoms with Gasteiger partial charge in [-0.25, -0.2) is 0 Å². The number of carbonyl (C=O) groups is 1. The normalized spacial score (nSPS) is 14.3. The molecule has 0 radical (unpaired) electrons. The highest BCUT2D eigenvalue weighted by Crippen LogP contribution is 2.30. The molecule has 1 aliphatic heterocycles. The number of rotatable bonds is 3. The van der Waals surface area contributed by atoms with Gasteiger partial charge < -0.3 is 14.6 Å². The highest BCUT2D eigenvalue weighted by atomic mass is 35.5. The van der Waals surface area contributed by atoms with Crippen molar-refractivity contribution in [2.45, 2.75) is 32.4 Å². The molecule has 26 heavy (non-hydrogen) atoms. The third-order valence-corrected chi connectivity index (χ3v) is 5.12. The van der Waals surface area contributed by atoms with Crippen LogP contribution in [0.25, 0.3) is 10.9 Å². The van der Waals surface area contributed by atoms with E-state index in [1.807, 2.05) is 30.9 Å². The Balaban J connectivity index is 1.55. The summed E-state index contributed by atoms with van der Waals surface area (Å²) in [7, 11) is 0. The van der Waals surface area contributed by atoms with Crippen LogP contribution in [-0.2, 0) is 17.8 Å². The van der Waals surface area contributed by atoms with Gasteiger partial charge in [0.1, 0.15) is 5.75 Å². The van der Waals surface area contributed by atoms with Crippen LogP contribution >= 0.6 is 11.6 Å². The number of carbonyl (C=O) groups excluding carboxylic acids is 1. The first kappa shape index (κ1) is 17.0. The second-order valence-electron chi connectivity index (χ2n) is 7.17. The monoisotopic (exact) mass is 368 g/mol. The number of aromatic nitrogens is 1. The Bertz CT molecular complexity index is 960. The van der Waals surface area contributed by atoms with E-state index in [2.05, 4.69) is 17.1 Å². The highest BCUT2D eigenvalue weighted by molar-refractivity contribution is 6.30. The molecule has 3 aromatic rings. The van der Waals surface area contributed by atoms with Crippen LogP contribution in [0, 0.1) is 0 Å². The van der Waals surface area contributed by atoms with Crippen molar-refractivity contribution in [2.24, 2.45) is 0 Å². The zero-order valence-electron chi connectivity index (χ0n) is 14.9. The summed E-state index contributed by atoms with van der Waals surface area (Å²) < 4.78 is 5.97. The average molecular weight is 369 g/mol. The first-order chi connectivity index (χ1) is 12.4. The van der Waals surface area contributed by atoms with E-state index in [0.717, 1.165) is 11.9 Å². The lowest BCUT2D eigenvalue weighted by molar-refractivity contribution is -0.146. The molecule has 0 atom stereocenters. The second-order valence-corrected chi connectivity index (χ2v) is 7.61. The van der Waals surface area contributed by atoms with Crippen molar-refractivity contribution in [1.29, 1.82) is 0 Å². The number of ether oxygens (including phenoxy) is 1. The number of nitrogens with one attached hydrogen (secondary N) is 1. The molecule has 0 saturated heterocycles. The lowest BCUT2D eigenvalue weighted by Gasteiger charge is -2.34. The number of hydrogen-bond acceptors (Lipinski definition) is 2. The summed E-state index contributed by atoms with van der Waals surface area (Å²) in [5.41, 5.74) is 2.62. The largest absolute Gasteiger partial charge is 0.478 e. The van der Waals surface area contributed by atoms with Crippen LogP contribution in [0.5, 0.6) is 5.75 Å². The van der Waals surface area contributed by atoms with E-state index in [-0.39, 0.29) is 5.91 Å². The molecule has 0 unspecified atom stereocenters. The zero-order valence-corrected chi connectivity index (χ0v) is 15.6. The standard InChI is InChI=1S/C21H21ClN2O2/c1-21(2,26-15-9-7-14(22)8-10-15)20(25)24-12-11-19-17(13-24)16-5-3-4-6-18(16)23-19/h3-10,23H,11-13H2,1-2H3. The van der Waals surface area contributed by atoms with Crippen LogP contribution in [0.15, 0.2) is 48.5 Å². The van der Waals surface area contributed by atoms with Gasteiger partial charge in [0.15, 0.2) is 5.60 Å². The molecule has 0 aliphatic carbocycles. The smallest absolute Gasteiger partial charge is 0.266 e. The number of hydrogen-bond donors (Lipinski definition) is 1. The molecule has 4 nitrogen and oxygen atoms in total. The predicted molar refractivity (Wildman–Crippen MR) is 104 cm³/mol. The third-order valence-electron chi connectivity index (χ3n) is 4.87. The van der Waals surface area contributed by atoms with Crippen LogP contribution in [0.1, 0.15) is 25.1 Å². The molecule has 4 rings (SSSR count). The van der Waals surface area contributed by atoms with Gasteiger partial charge in [-0.1, -0.05) is 29.8 Å². The number of aromatic amines is 1. The summed E-state index contributed by atoms with van der Waals surface area (Å²) in [4.78, 5) is 18.5. The van der Waals surface area contributed by atoms with Gasteiger partial charge in [-0.05, 0) is 44.2 Å². The van der Waals surface area contributed by atoms with E-state index in [0.29, 0.717) is 23.9 Å². The van der Waals surface area contributed by atoms with Crippen molar-refractivity contribution >= 4 is 28.4 Å². The Morgan fingerprint density at radius 2 is 1.88 bits per heavy atom. The molecule has 5 heteroatoms. The summed E-state index contributed by atoms with van der Waals surface area (Å²) in [6.45, 7) is 4.92. The van der Waals surface area contributed by atoms with E-state index in [4.69, 9.17) is 16.3 Å². The predicted octanol–water partition coefficient (Wildman–Crippen LogP) is 4.56. The van der Waals surface area contributed by atoms with Crippen molar-refractivity contribution in [3.63, 3.8) is 0 Å². The number of halogens is 1. The number of amides is 1. The van der Waals surface area contributed by atoms with Crippen molar-refractivity contribution in [2.75, 3.05) is 6.54 Å². The van der Waals surface area contributed by atoms with E-state index < -0.39 is 5.60 Å². The maximum absolute atomic E-state index is 13.1. The lowest BCUT2D eigenvalue weighted by Crippen LogP contribution is -2.50. The summed E-state index contributed by atoms with van der Waals surface area (Å²) in [6, 6.07) is 15.3. The van der Waals surface area contributed by atoms with Crippen molar-refractivity contribution in [1.82, 2.24) is 9.88 Å². The molecule has 0 bridgehead atoms. The SMILES string of the molecule is CC(C)(Oc1ccc(Cl)cc1)C(=O)N1CCc2[nH]c3ccccc3c2C1. The van der Waals surface area contributed by atoms with Crippen LogP contribution in [0.4, 0.5) is 0 Å². The molecule has 2 heterocycles. The number of benzene rings is 2.